The largest absolute Gasteiger partial charge is 0.391 e. The van der Waals surface area contributed by atoms with Gasteiger partial charge in [-0.1, -0.05) is 23.2 Å². The predicted molar refractivity (Wildman–Crippen MR) is 101 cm³/mol. The molecule has 154 valence electrons. The molecule has 1 aliphatic carbocycles. The summed E-state index contributed by atoms with van der Waals surface area (Å²) in [6, 6.07) is 1.30. The van der Waals surface area contributed by atoms with Crippen LogP contribution in [0.15, 0.2) is 10.3 Å². The standard InChI is InChI=1S/C16H21Cl2F3N2O2S2/c1-22(27(24,25)14-9-13(17)15(18)26-14)11-2-3-12(8-11)23-6-4-10(5-7-23)16(19,20)21/h9-12H,2-8H2,1H3/t11-,12+/m1/s1. The molecule has 1 aliphatic heterocycles. The summed E-state index contributed by atoms with van der Waals surface area (Å²) in [5.74, 6) is -1.22. The number of nitrogens with zero attached hydrogens (tertiary/aromatic N) is 2. The van der Waals surface area contributed by atoms with E-state index in [1.807, 2.05) is 0 Å². The molecule has 11 heteroatoms. The van der Waals surface area contributed by atoms with Crippen LogP contribution in [0.25, 0.3) is 0 Å². The highest BCUT2D eigenvalue weighted by atomic mass is 35.5. The van der Waals surface area contributed by atoms with Crippen molar-refractivity contribution in [2.75, 3.05) is 20.1 Å². The molecule has 27 heavy (non-hydrogen) atoms. The van der Waals surface area contributed by atoms with Crippen molar-refractivity contribution in [1.29, 1.82) is 0 Å². The summed E-state index contributed by atoms with van der Waals surface area (Å²) in [7, 11) is -2.15. The van der Waals surface area contributed by atoms with Crippen LogP contribution in [-0.4, -0.2) is 56.0 Å². The molecule has 0 radical (unpaired) electrons. The van der Waals surface area contributed by atoms with Crippen molar-refractivity contribution in [2.45, 2.75) is 54.6 Å². The highest BCUT2D eigenvalue weighted by Gasteiger charge is 2.43. The molecule has 0 N–H and O–H groups in total. The molecule has 3 rings (SSSR count). The molecule has 1 saturated heterocycles. The van der Waals surface area contributed by atoms with Crippen LogP contribution >= 0.6 is 34.5 Å². The van der Waals surface area contributed by atoms with Crippen LogP contribution in [0.1, 0.15) is 32.1 Å². The van der Waals surface area contributed by atoms with Gasteiger partial charge in [0.25, 0.3) is 10.0 Å². The van der Waals surface area contributed by atoms with Crippen LogP contribution in [0, 0.1) is 5.92 Å². The average molecular weight is 465 g/mol. The first-order valence-electron chi connectivity index (χ1n) is 8.73. The topological polar surface area (TPSA) is 40.6 Å². The molecule has 2 heterocycles. The third-order valence-electron chi connectivity index (χ3n) is 5.66. The Bertz CT molecular complexity index is 758. The lowest BCUT2D eigenvalue weighted by molar-refractivity contribution is -0.186. The molecule has 2 fully saturated rings. The van der Waals surface area contributed by atoms with Crippen LogP contribution in [0.4, 0.5) is 13.2 Å². The molecule has 2 aliphatic rings. The monoisotopic (exact) mass is 464 g/mol. The van der Waals surface area contributed by atoms with Crippen molar-refractivity contribution in [3.63, 3.8) is 0 Å². The summed E-state index contributed by atoms with van der Waals surface area (Å²) in [4.78, 5) is 2.08. The number of alkyl halides is 3. The molecule has 0 spiro atoms. The molecule has 0 amide bonds. The van der Waals surface area contributed by atoms with Gasteiger partial charge in [-0.2, -0.15) is 17.5 Å². The van der Waals surface area contributed by atoms with E-state index in [2.05, 4.69) is 4.90 Å². The van der Waals surface area contributed by atoms with Crippen molar-refractivity contribution in [3.05, 3.63) is 15.4 Å². The predicted octanol–water partition coefficient (Wildman–Crippen LogP) is 4.87. The van der Waals surface area contributed by atoms with E-state index in [-0.39, 0.29) is 38.5 Å². The van der Waals surface area contributed by atoms with Crippen molar-refractivity contribution in [3.8, 4) is 0 Å². The zero-order chi connectivity index (χ0) is 20.0. The fourth-order valence-corrected chi connectivity index (χ4v) is 7.44. The molecule has 2 atom stereocenters. The number of likely N-dealkylation sites (tertiary alicyclic amines) is 1. The number of hydrogen-bond donors (Lipinski definition) is 0. The average Bonchev–Trinajstić information content (AvgIpc) is 3.21. The second kappa shape index (κ2) is 7.99. The van der Waals surface area contributed by atoms with E-state index in [0.29, 0.717) is 25.9 Å². The third-order valence-corrected chi connectivity index (χ3v) is 9.88. The van der Waals surface area contributed by atoms with E-state index in [4.69, 9.17) is 23.2 Å². The lowest BCUT2D eigenvalue weighted by Crippen LogP contribution is -2.44. The Morgan fingerprint density at radius 1 is 1.19 bits per heavy atom. The lowest BCUT2D eigenvalue weighted by atomic mass is 9.95. The summed E-state index contributed by atoms with van der Waals surface area (Å²) in [6.07, 6.45) is -1.79. The van der Waals surface area contributed by atoms with Crippen molar-refractivity contribution >= 4 is 44.6 Å². The smallest absolute Gasteiger partial charge is 0.300 e. The molecule has 0 aromatic carbocycles. The SMILES string of the molecule is CN([C@@H]1CC[C@H](N2CCC(C(F)(F)F)CC2)C1)S(=O)(=O)c1cc(Cl)c(Cl)s1. The van der Waals surface area contributed by atoms with E-state index in [9.17, 15) is 21.6 Å². The highest BCUT2D eigenvalue weighted by Crippen LogP contribution is 2.39. The van der Waals surface area contributed by atoms with Gasteiger partial charge in [-0.3, -0.25) is 0 Å². The summed E-state index contributed by atoms with van der Waals surface area (Å²) < 4.78 is 65.8. The molecule has 1 aromatic heterocycles. The minimum absolute atomic E-state index is 0.106. The molecular formula is C16H21Cl2F3N2O2S2. The lowest BCUT2D eigenvalue weighted by Gasteiger charge is -2.37. The summed E-state index contributed by atoms with van der Waals surface area (Å²) in [5, 5.41) is 0.213. The van der Waals surface area contributed by atoms with Gasteiger partial charge in [-0.25, -0.2) is 8.42 Å². The zero-order valence-electron chi connectivity index (χ0n) is 14.7. The van der Waals surface area contributed by atoms with Gasteiger partial charge in [0, 0.05) is 19.1 Å². The molecule has 1 aromatic rings. The number of hydrogen-bond acceptors (Lipinski definition) is 4. The van der Waals surface area contributed by atoms with Gasteiger partial charge >= 0.3 is 6.18 Å². The normalized spacial score (nSPS) is 26.2. The van der Waals surface area contributed by atoms with Gasteiger partial charge < -0.3 is 4.90 Å². The van der Waals surface area contributed by atoms with Crippen LogP contribution in [0.5, 0.6) is 0 Å². The van der Waals surface area contributed by atoms with Crippen molar-refractivity contribution in [2.24, 2.45) is 5.92 Å². The van der Waals surface area contributed by atoms with E-state index in [1.165, 1.54) is 10.4 Å². The second-order valence-corrected chi connectivity index (χ2v) is 11.5. The number of halogens is 5. The van der Waals surface area contributed by atoms with E-state index in [0.717, 1.165) is 17.8 Å². The van der Waals surface area contributed by atoms with Gasteiger partial charge in [-0.05, 0) is 51.3 Å². The Morgan fingerprint density at radius 2 is 1.81 bits per heavy atom. The molecule has 1 saturated carbocycles. The number of rotatable bonds is 4. The van der Waals surface area contributed by atoms with Crippen LogP contribution in [0.3, 0.4) is 0 Å². The van der Waals surface area contributed by atoms with E-state index >= 15 is 0 Å². The molecule has 0 unspecified atom stereocenters. The highest BCUT2D eigenvalue weighted by molar-refractivity contribution is 7.91. The van der Waals surface area contributed by atoms with Crippen LogP contribution in [-0.2, 0) is 10.0 Å². The van der Waals surface area contributed by atoms with Gasteiger partial charge in [-0.15, -0.1) is 11.3 Å². The van der Waals surface area contributed by atoms with Gasteiger partial charge in [0.2, 0.25) is 0 Å². The summed E-state index contributed by atoms with van der Waals surface area (Å²) in [5.41, 5.74) is 0. The minimum atomic E-state index is -4.12. The maximum atomic E-state index is 12.8. The number of piperidine rings is 1. The second-order valence-electron chi connectivity index (χ2n) is 7.18. The van der Waals surface area contributed by atoms with Gasteiger partial charge in [0.1, 0.15) is 8.55 Å². The maximum absolute atomic E-state index is 12.8. The van der Waals surface area contributed by atoms with Crippen LogP contribution < -0.4 is 0 Å². The van der Waals surface area contributed by atoms with Crippen molar-refractivity contribution < 1.29 is 21.6 Å². The number of sulfonamides is 1. The zero-order valence-corrected chi connectivity index (χ0v) is 17.8. The van der Waals surface area contributed by atoms with E-state index in [1.54, 1.807) is 7.05 Å². The Morgan fingerprint density at radius 3 is 2.33 bits per heavy atom. The van der Waals surface area contributed by atoms with Gasteiger partial charge in [0.05, 0.1) is 10.9 Å². The Labute approximate surface area is 171 Å². The fourth-order valence-electron chi connectivity index (χ4n) is 3.98. The Balaban J connectivity index is 1.61. The quantitative estimate of drug-likeness (QED) is 0.637. The number of thiophene rings is 1. The molecule has 0 bridgehead atoms. The molecule has 4 nitrogen and oxygen atoms in total. The fraction of sp³-hybridized carbons (Fsp3) is 0.750. The summed E-state index contributed by atoms with van der Waals surface area (Å²) in [6.45, 7) is 0.822. The maximum Gasteiger partial charge on any atom is 0.391 e. The first kappa shape index (κ1) is 21.6. The first-order chi connectivity index (χ1) is 12.5. The Kier molecular flexibility index (Phi) is 6.40. The Hall–Kier alpha value is -0.0600. The van der Waals surface area contributed by atoms with Crippen molar-refractivity contribution in [1.82, 2.24) is 9.21 Å². The summed E-state index contributed by atoms with van der Waals surface area (Å²) >= 11 is 12.7. The van der Waals surface area contributed by atoms with E-state index < -0.39 is 22.1 Å². The first-order valence-corrected chi connectivity index (χ1v) is 11.7. The third kappa shape index (κ3) is 4.59. The van der Waals surface area contributed by atoms with Gasteiger partial charge in [0.15, 0.2) is 0 Å². The minimum Gasteiger partial charge on any atom is -0.300 e. The van der Waals surface area contributed by atoms with Crippen LogP contribution in [0.2, 0.25) is 9.36 Å². The molecular weight excluding hydrogens is 444 g/mol.